The number of carbonyl (C=O) groups is 1. The summed E-state index contributed by atoms with van der Waals surface area (Å²) in [4.78, 5) is 17.5. The molecule has 0 bridgehead atoms. The van der Waals surface area contributed by atoms with E-state index in [1.165, 1.54) is 6.39 Å². The van der Waals surface area contributed by atoms with Crippen LogP contribution in [0.2, 0.25) is 0 Å². The minimum atomic E-state index is -0.483. The molecule has 1 amide bonds. The fourth-order valence-electron chi connectivity index (χ4n) is 1.82. The van der Waals surface area contributed by atoms with Crippen LogP contribution in [0, 0.1) is 0 Å². The molecule has 0 N–H and O–H groups in total. The van der Waals surface area contributed by atoms with Crippen LogP contribution in [0.1, 0.15) is 39.4 Å². The Labute approximate surface area is 101 Å². The van der Waals surface area contributed by atoms with E-state index in [1.54, 1.807) is 18.1 Å². The van der Waals surface area contributed by atoms with Gasteiger partial charge in [0.15, 0.2) is 6.39 Å². The van der Waals surface area contributed by atoms with Crippen molar-refractivity contribution in [1.82, 2.24) is 9.88 Å². The third-order valence-corrected chi connectivity index (χ3v) is 2.92. The number of hydrogen-bond acceptors (Lipinski definition) is 4. The maximum atomic E-state index is 12.0. The molecule has 1 aliphatic rings. The number of rotatable bonds is 2. The molecule has 2 rings (SSSR count). The molecule has 0 saturated heterocycles. The maximum absolute atomic E-state index is 12.0. The lowest BCUT2D eigenvalue weighted by Gasteiger charge is -2.29. The van der Waals surface area contributed by atoms with Gasteiger partial charge in [-0.2, -0.15) is 0 Å². The van der Waals surface area contributed by atoms with E-state index >= 15 is 0 Å². The average Bonchev–Trinajstić information content (AvgIpc) is 2.82. The van der Waals surface area contributed by atoms with Crippen molar-refractivity contribution in [2.45, 2.75) is 44.8 Å². The summed E-state index contributed by atoms with van der Waals surface area (Å²) in [5.74, 6) is 0.728. The molecule has 0 unspecified atom stereocenters. The van der Waals surface area contributed by atoms with E-state index in [2.05, 4.69) is 4.98 Å². The molecule has 0 spiro atoms. The highest BCUT2D eigenvalue weighted by Gasteiger charge is 2.53. The van der Waals surface area contributed by atoms with Crippen LogP contribution >= 0.6 is 0 Å². The van der Waals surface area contributed by atoms with Crippen LogP contribution in [0.5, 0.6) is 0 Å². The van der Waals surface area contributed by atoms with E-state index in [9.17, 15) is 4.79 Å². The summed E-state index contributed by atoms with van der Waals surface area (Å²) in [5.41, 5.74) is -0.832. The summed E-state index contributed by atoms with van der Waals surface area (Å²) in [6, 6.07) is 0. The van der Waals surface area contributed by atoms with Crippen LogP contribution in [-0.4, -0.2) is 28.6 Å². The Kier molecular flexibility index (Phi) is 2.64. The Bertz CT molecular complexity index is 402. The zero-order valence-electron chi connectivity index (χ0n) is 10.7. The van der Waals surface area contributed by atoms with Crippen LogP contribution < -0.4 is 0 Å². The highest BCUT2D eigenvalue weighted by molar-refractivity contribution is 5.69. The highest BCUT2D eigenvalue weighted by Crippen LogP contribution is 2.50. The van der Waals surface area contributed by atoms with Gasteiger partial charge in [0.25, 0.3) is 0 Å². The largest absolute Gasteiger partial charge is 0.446 e. The van der Waals surface area contributed by atoms with E-state index in [4.69, 9.17) is 9.15 Å². The predicted molar refractivity (Wildman–Crippen MR) is 61.4 cm³/mol. The molecule has 1 heterocycles. The molecule has 0 aliphatic heterocycles. The standard InChI is InChI=1S/C12H18N2O3/c1-11(2,3)17-10(15)14(4)12(5-6-12)9-7-13-8-16-9/h7-8H,5-6H2,1-4H3. The van der Waals surface area contributed by atoms with Gasteiger partial charge in [0, 0.05) is 7.05 Å². The summed E-state index contributed by atoms with van der Waals surface area (Å²) in [6.45, 7) is 5.56. The number of amides is 1. The number of carbonyl (C=O) groups excluding carboxylic acids is 1. The SMILES string of the molecule is CN(C(=O)OC(C)(C)C)C1(c2cnco2)CC1. The first-order chi connectivity index (χ1) is 7.85. The van der Waals surface area contributed by atoms with Crippen molar-refractivity contribution in [2.75, 3.05) is 7.05 Å². The van der Waals surface area contributed by atoms with E-state index in [-0.39, 0.29) is 11.6 Å². The van der Waals surface area contributed by atoms with Crippen molar-refractivity contribution < 1.29 is 13.9 Å². The van der Waals surface area contributed by atoms with Gasteiger partial charge < -0.3 is 9.15 Å². The number of ether oxygens (including phenoxy) is 1. The number of hydrogen-bond donors (Lipinski definition) is 0. The van der Waals surface area contributed by atoms with Crippen molar-refractivity contribution in [2.24, 2.45) is 0 Å². The predicted octanol–water partition coefficient (Wildman–Crippen LogP) is 2.53. The Morgan fingerprint density at radius 2 is 2.18 bits per heavy atom. The van der Waals surface area contributed by atoms with Crippen LogP contribution in [-0.2, 0) is 10.3 Å². The minimum absolute atomic E-state index is 0.327. The van der Waals surface area contributed by atoms with Gasteiger partial charge in [0.1, 0.15) is 16.9 Å². The molecular weight excluding hydrogens is 220 g/mol. The molecule has 0 radical (unpaired) electrons. The lowest BCUT2D eigenvalue weighted by molar-refractivity contribution is 0.0167. The average molecular weight is 238 g/mol. The minimum Gasteiger partial charge on any atom is -0.446 e. The van der Waals surface area contributed by atoms with Gasteiger partial charge >= 0.3 is 6.09 Å². The number of aromatic nitrogens is 1. The second kappa shape index (κ2) is 3.75. The van der Waals surface area contributed by atoms with Crippen LogP contribution in [0.4, 0.5) is 4.79 Å². The maximum Gasteiger partial charge on any atom is 0.410 e. The van der Waals surface area contributed by atoms with Crippen LogP contribution in [0.15, 0.2) is 17.0 Å². The monoisotopic (exact) mass is 238 g/mol. The van der Waals surface area contributed by atoms with Gasteiger partial charge in [-0.3, -0.25) is 4.90 Å². The first-order valence-corrected chi connectivity index (χ1v) is 5.71. The molecule has 0 aromatic carbocycles. The van der Waals surface area contributed by atoms with Gasteiger partial charge in [-0.25, -0.2) is 9.78 Å². The Balaban J connectivity index is 2.11. The smallest absolute Gasteiger partial charge is 0.410 e. The third-order valence-electron chi connectivity index (χ3n) is 2.92. The first-order valence-electron chi connectivity index (χ1n) is 5.71. The van der Waals surface area contributed by atoms with E-state index in [1.807, 2.05) is 20.8 Å². The van der Waals surface area contributed by atoms with Gasteiger partial charge in [-0.15, -0.1) is 0 Å². The lowest BCUT2D eigenvalue weighted by atomic mass is 10.2. The molecule has 5 heteroatoms. The topological polar surface area (TPSA) is 55.6 Å². The molecular formula is C12H18N2O3. The van der Waals surface area contributed by atoms with Crippen molar-refractivity contribution in [3.05, 3.63) is 18.4 Å². The zero-order valence-corrected chi connectivity index (χ0v) is 10.7. The van der Waals surface area contributed by atoms with E-state index < -0.39 is 5.60 Å². The van der Waals surface area contributed by atoms with Gasteiger partial charge in [0.2, 0.25) is 0 Å². The summed E-state index contributed by atoms with van der Waals surface area (Å²) in [6.07, 6.45) is 4.49. The Morgan fingerprint density at radius 1 is 1.53 bits per heavy atom. The lowest BCUT2D eigenvalue weighted by Crippen LogP contribution is -2.40. The van der Waals surface area contributed by atoms with E-state index in [0.29, 0.717) is 0 Å². The van der Waals surface area contributed by atoms with Crippen molar-refractivity contribution in [3.8, 4) is 0 Å². The molecule has 17 heavy (non-hydrogen) atoms. The molecule has 1 saturated carbocycles. The normalized spacial score (nSPS) is 17.6. The van der Waals surface area contributed by atoms with Crippen LogP contribution in [0.25, 0.3) is 0 Å². The molecule has 0 atom stereocenters. The van der Waals surface area contributed by atoms with Gasteiger partial charge in [-0.1, -0.05) is 0 Å². The highest BCUT2D eigenvalue weighted by atomic mass is 16.6. The number of nitrogens with zero attached hydrogens (tertiary/aromatic N) is 2. The fourth-order valence-corrected chi connectivity index (χ4v) is 1.82. The molecule has 1 fully saturated rings. The molecule has 1 aromatic heterocycles. The van der Waals surface area contributed by atoms with Crippen molar-refractivity contribution >= 4 is 6.09 Å². The van der Waals surface area contributed by atoms with E-state index in [0.717, 1.165) is 18.6 Å². The number of oxazole rings is 1. The zero-order chi connectivity index (χ0) is 12.7. The second-order valence-electron chi connectivity index (χ2n) is 5.44. The van der Waals surface area contributed by atoms with Crippen molar-refractivity contribution in [1.29, 1.82) is 0 Å². The van der Waals surface area contributed by atoms with Crippen LogP contribution in [0.3, 0.4) is 0 Å². The molecule has 5 nitrogen and oxygen atoms in total. The third kappa shape index (κ3) is 2.28. The molecule has 1 aliphatic carbocycles. The summed E-state index contributed by atoms with van der Waals surface area (Å²) >= 11 is 0. The summed E-state index contributed by atoms with van der Waals surface area (Å²) in [5, 5.41) is 0. The first kappa shape index (κ1) is 12.0. The van der Waals surface area contributed by atoms with Crippen molar-refractivity contribution in [3.63, 3.8) is 0 Å². The second-order valence-corrected chi connectivity index (χ2v) is 5.44. The quantitative estimate of drug-likeness (QED) is 0.794. The summed E-state index contributed by atoms with van der Waals surface area (Å²) in [7, 11) is 1.74. The summed E-state index contributed by atoms with van der Waals surface area (Å²) < 4.78 is 10.7. The molecule has 1 aromatic rings. The molecule has 94 valence electrons. The van der Waals surface area contributed by atoms with Gasteiger partial charge in [0.05, 0.1) is 6.20 Å². The van der Waals surface area contributed by atoms with Gasteiger partial charge in [-0.05, 0) is 33.6 Å². The Morgan fingerprint density at radius 3 is 2.59 bits per heavy atom. The fraction of sp³-hybridized carbons (Fsp3) is 0.667. The Hall–Kier alpha value is -1.52.